The lowest BCUT2D eigenvalue weighted by molar-refractivity contribution is 0.214. The van der Waals surface area contributed by atoms with Crippen LogP contribution in [0.15, 0.2) is 29.3 Å². The zero-order valence-electron chi connectivity index (χ0n) is 13.4. The quantitative estimate of drug-likeness (QED) is 0.439. The van der Waals surface area contributed by atoms with Gasteiger partial charge in [0.05, 0.1) is 7.11 Å². The van der Waals surface area contributed by atoms with Gasteiger partial charge in [-0.3, -0.25) is 4.99 Å². The van der Waals surface area contributed by atoms with E-state index in [1.807, 2.05) is 24.3 Å². The van der Waals surface area contributed by atoms with Gasteiger partial charge in [0.25, 0.3) is 0 Å². The van der Waals surface area contributed by atoms with Crippen LogP contribution in [0.25, 0.3) is 0 Å². The Morgan fingerprint density at radius 3 is 2.55 bits per heavy atom. The summed E-state index contributed by atoms with van der Waals surface area (Å²) in [6.45, 7) is 3.20. The second-order valence-electron chi connectivity index (χ2n) is 5.66. The number of hydrogen-bond acceptors (Lipinski definition) is 3. The maximum atomic E-state index is 5.91. The van der Waals surface area contributed by atoms with Crippen molar-refractivity contribution in [2.75, 3.05) is 39.1 Å². The van der Waals surface area contributed by atoms with Crippen LogP contribution < -0.4 is 15.8 Å². The number of rotatable bonds is 5. The van der Waals surface area contributed by atoms with Crippen molar-refractivity contribution < 1.29 is 4.74 Å². The van der Waals surface area contributed by atoms with Gasteiger partial charge in [-0.05, 0) is 69.6 Å². The normalized spacial score (nSPS) is 16.9. The summed E-state index contributed by atoms with van der Waals surface area (Å²) >= 11 is 0. The van der Waals surface area contributed by atoms with Gasteiger partial charge in [0.15, 0.2) is 5.96 Å². The van der Waals surface area contributed by atoms with Crippen molar-refractivity contribution in [2.45, 2.75) is 19.3 Å². The molecule has 22 heavy (non-hydrogen) atoms. The predicted molar refractivity (Wildman–Crippen MR) is 103 cm³/mol. The van der Waals surface area contributed by atoms with E-state index in [-0.39, 0.29) is 24.0 Å². The predicted octanol–water partition coefficient (Wildman–Crippen LogP) is 2.77. The molecule has 1 aliphatic rings. The minimum atomic E-state index is 0. The summed E-state index contributed by atoms with van der Waals surface area (Å²) in [6, 6.07) is 7.65. The maximum Gasteiger partial charge on any atom is 0.193 e. The molecule has 2 rings (SSSR count). The number of nitrogens with two attached hydrogens (primary N) is 1. The number of guanidine groups is 1. The van der Waals surface area contributed by atoms with Gasteiger partial charge < -0.3 is 20.7 Å². The summed E-state index contributed by atoms with van der Waals surface area (Å²) < 4.78 is 5.12. The van der Waals surface area contributed by atoms with E-state index in [2.05, 4.69) is 22.3 Å². The van der Waals surface area contributed by atoms with Crippen molar-refractivity contribution in [3.63, 3.8) is 0 Å². The highest BCUT2D eigenvalue weighted by Crippen LogP contribution is 2.19. The number of aliphatic imine (C=N–C) groups is 1. The Morgan fingerprint density at radius 1 is 1.32 bits per heavy atom. The summed E-state index contributed by atoms with van der Waals surface area (Å²) in [6.07, 6.45) is 3.68. The first-order valence-corrected chi connectivity index (χ1v) is 7.57. The molecule has 1 aromatic rings. The van der Waals surface area contributed by atoms with Crippen LogP contribution in [0.1, 0.15) is 19.3 Å². The van der Waals surface area contributed by atoms with Gasteiger partial charge in [0, 0.05) is 12.2 Å². The van der Waals surface area contributed by atoms with E-state index < -0.39 is 0 Å². The molecular weight excluding hydrogens is 391 g/mol. The number of nitrogens with zero attached hydrogens (tertiary/aromatic N) is 2. The molecule has 0 unspecified atom stereocenters. The Hall–Kier alpha value is -1.02. The fourth-order valence-electron chi connectivity index (χ4n) is 2.58. The average molecular weight is 418 g/mol. The lowest BCUT2D eigenvalue weighted by Gasteiger charge is -2.28. The fraction of sp³-hybridized carbons (Fsp3) is 0.562. The molecule has 0 bridgehead atoms. The highest BCUT2D eigenvalue weighted by Gasteiger charge is 2.15. The lowest BCUT2D eigenvalue weighted by Crippen LogP contribution is -2.30. The number of piperidine rings is 1. The van der Waals surface area contributed by atoms with Gasteiger partial charge in [-0.15, -0.1) is 24.0 Å². The molecule has 0 saturated carbocycles. The molecule has 1 saturated heterocycles. The van der Waals surface area contributed by atoms with Crippen LogP contribution in [-0.2, 0) is 0 Å². The number of anilines is 1. The third-order valence-electron chi connectivity index (χ3n) is 4.02. The Morgan fingerprint density at radius 2 is 1.95 bits per heavy atom. The van der Waals surface area contributed by atoms with Crippen LogP contribution in [0.3, 0.4) is 0 Å². The van der Waals surface area contributed by atoms with Gasteiger partial charge in [0.2, 0.25) is 0 Å². The Bertz CT molecular complexity index is 456. The fourth-order valence-corrected chi connectivity index (χ4v) is 2.58. The summed E-state index contributed by atoms with van der Waals surface area (Å²) in [5, 5.41) is 3.10. The van der Waals surface area contributed by atoms with Crippen molar-refractivity contribution >= 4 is 35.6 Å². The van der Waals surface area contributed by atoms with Gasteiger partial charge in [-0.2, -0.15) is 0 Å². The van der Waals surface area contributed by atoms with E-state index >= 15 is 0 Å². The molecule has 124 valence electrons. The van der Waals surface area contributed by atoms with Gasteiger partial charge >= 0.3 is 0 Å². The molecule has 1 heterocycles. The first kappa shape index (κ1) is 19.0. The molecule has 0 amide bonds. The maximum absolute atomic E-state index is 5.91. The second kappa shape index (κ2) is 9.89. The molecule has 0 radical (unpaired) electrons. The molecule has 1 aliphatic heterocycles. The van der Waals surface area contributed by atoms with Crippen molar-refractivity contribution in [1.29, 1.82) is 0 Å². The largest absolute Gasteiger partial charge is 0.497 e. The summed E-state index contributed by atoms with van der Waals surface area (Å²) in [4.78, 5) is 6.80. The monoisotopic (exact) mass is 418 g/mol. The van der Waals surface area contributed by atoms with Gasteiger partial charge in [0.1, 0.15) is 5.75 Å². The molecule has 1 fully saturated rings. The van der Waals surface area contributed by atoms with Crippen LogP contribution in [-0.4, -0.2) is 44.7 Å². The summed E-state index contributed by atoms with van der Waals surface area (Å²) in [5.41, 5.74) is 6.84. The van der Waals surface area contributed by atoms with Crippen molar-refractivity contribution in [3.05, 3.63) is 24.3 Å². The summed E-state index contributed by atoms with van der Waals surface area (Å²) in [5.74, 6) is 2.10. The van der Waals surface area contributed by atoms with E-state index in [0.717, 1.165) is 30.3 Å². The third-order valence-corrected chi connectivity index (χ3v) is 4.02. The number of halogens is 1. The highest BCUT2D eigenvalue weighted by molar-refractivity contribution is 14.0. The number of likely N-dealkylation sites (tertiary alicyclic amines) is 1. The zero-order valence-corrected chi connectivity index (χ0v) is 15.7. The molecular formula is C16H27IN4O. The number of nitrogens with one attached hydrogen (secondary N) is 1. The van der Waals surface area contributed by atoms with E-state index in [0.29, 0.717) is 5.96 Å². The van der Waals surface area contributed by atoms with Crippen LogP contribution >= 0.6 is 24.0 Å². The Balaban J connectivity index is 0.00000242. The highest BCUT2D eigenvalue weighted by atomic mass is 127. The first-order chi connectivity index (χ1) is 10.2. The minimum Gasteiger partial charge on any atom is -0.497 e. The van der Waals surface area contributed by atoms with Crippen molar-refractivity contribution in [1.82, 2.24) is 4.90 Å². The number of methoxy groups -OCH3 is 1. The Labute approximate surface area is 150 Å². The molecule has 5 nitrogen and oxygen atoms in total. The number of hydrogen-bond donors (Lipinski definition) is 2. The molecule has 6 heteroatoms. The molecule has 0 aliphatic carbocycles. The number of ether oxygens (including phenoxy) is 1. The van der Waals surface area contributed by atoms with Gasteiger partial charge in [-0.25, -0.2) is 0 Å². The SMILES string of the molecule is COc1ccc(NC(N)=NCCC2CCN(C)CC2)cc1.I. The van der Waals surface area contributed by atoms with E-state index in [1.165, 1.54) is 25.9 Å². The molecule has 0 spiro atoms. The van der Waals surface area contributed by atoms with Crippen molar-refractivity contribution in [3.8, 4) is 5.75 Å². The van der Waals surface area contributed by atoms with Crippen LogP contribution in [0.4, 0.5) is 5.69 Å². The van der Waals surface area contributed by atoms with E-state index in [4.69, 9.17) is 10.5 Å². The standard InChI is InChI=1S/C16H26N4O.HI/c1-20-11-8-13(9-12-20)7-10-18-16(17)19-14-3-5-15(21-2)6-4-14;/h3-6,13H,7-12H2,1-2H3,(H3,17,18,19);1H. The minimum absolute atomic E-state index is 0. The molecule has 1 aromatic carbocycles. The topological polar surface area (TPSA) is 62.9 Å². The van der Waals surface area contributed by atoms with Crippen LogP contribution in [0.5, 0.6) is 5.75 Å². The summed E-state index contributed by atoms with van der Waals surface area (Å²) in [7, 11) is 3.84. The first-order valence-electron chi connectivity index (χ1n) is 7.57. The lowest BCUT2D eigenvalue weighted by atomic mass is 9.94. The average Bonchev–Trinajstić information content (AvgIpc) is 2.50. The third kappa shape index (κ3) is 6.39. The van der Waals surface area contributed by atoms with Gasteiger partial charge in [-0.1, -0.05) is 0 Å². The smallest absolute Gasteiger partial charge is 0.193 e. The molecule has 0 atom stereocenters. The number of benzene rings is 1. The Kier molecular flexibility index (Phi) is 8.55. The van der Waals surface area contributed by atoms with Crippen LogP contribution in [0.2, 0.25) is 0 Å². The van der Waals surface area contributed by atoms with Crippen molar-refractivity contribution in [2.24, 2.45) is 16.6 Å². The van der Waals surface area contributed by atoms with E-state index in [1.54, 1.807) is 7.11 Å². The molecule has 3 N–H and O–H groups in total. The van der Waals surface area contributed by atoms with Crippen LogP contribution in [0, 0.1) is 5.92 Å². The van der Waals surface area contributed by atoms with E-state index in [9.17, 15) is 0 Å². The molecule has 0 aromatic heterocycles. The second-order valence-corrected chi connectivity index (χ2v) is 5.66. The zero-order chi connectivity index (χ0) is 15.1.